The van der Waals surface area contributed by atoms with Gasteiger partial charge >= 0.3 is 6.09 Å². The molecule has 0 atom stereocenters. The van der Waals surface area contributed by atoms with Gasteiger partial charge in [-0.25, -0.2) is 4.79 Å². The Kier molecular flexibility index (Phi) is 6.26. The van der Waals surface area contributed by atoms with Crippen molar-refractivity contribution in [2.45, 2.75) is 25.4 Å². The van der Waals surface area contributed by atoms with Crippen LogP contribution in [-0.4, -0.2) is 65.1 Å². The number of carbonyl (C=O) groups is 2. The van der Waals surface area contributed by atoms with Crippen LogP contribution >= 0.6 is 0 Å². The molecule has 1 aliphatic heterocycles. The average Bonchev–Trinajstić information content (AvgIpc) is 2.72. The van der Waals surface area contributed by atoms with Gasteiger partial charge in [0.1, 0.15) is 0 Å². The van der Waals surface area contributed by atoms with Crippen molar-refractivity contribution in [2.24, 2.45) is 0 Å². The molecular weight excluding hydrogens is 356 g/mol. The highest BCUT2D eigenvalue weighted by Gasteiger charge is 2.21. The number of pyridine rings is 1. The van der Waals surface area contributed by atoms with Crippen molar-refractivity contribution in [1.29, 1.82) is 0 Å². The van der Waals surface area contributed by atoms with Crippen molar-refractivity contribution in [3.05, 3.63) is 53.7 Å². The van der Waals surface area contributed by atoms with Crippen LogP contribution < -0.4 is 5.32 Å². The SMILES string of the molecule is CN(C)C(=O)c1ccc(-c2ccc(CNC3CCN(C(=O)O)CC3)cn2)cc1. The van der Waals surface area contributed by atoms with E-state index in [0.717, 1.165) is 29.7 Å². The summed E-state index contributed by atoms with van der Waals surface area (Å²) in [5, 5.41) is 12.5. The average molecular weight is 382 g/mol. The lowest BCUT2D eigenvalue weighted by atomic mass is 10.0. The number of carboxylic acid groups (broad SMARTS) is 1. The number of nitrogens with zero attached hydrogens (tertiary/aromatic N) is 3. The summed E-state index contributed by atoms with van der Waals surface area (Å²) in [7, 11) is 3.47. The van der Waals surface area contributed by atoms with E-state index in [4.69, 9.17) is 5.11 Å². The Balaban J connectivity index is 1.54. The highest BCUT2D eigenvalue weighted by molar-refractivity contribution is 5.94. The molecule has 0 aliphatic carbocycles. The van der Waals surface area contributed by atoms with Crippen LogP contribution in [0.1, 0.15) is 28.8 Å². The minimum Gasteiger partial charge on any atom is -0.465 e. The fourth-order valence-electron chi connectivity index (χ4n) is 3.28. The Bertz CT molecular complexity index is 811. The number of carbonyl (C=O) groups excluding carboxylic acids is 1. The van der Waals surface area contributed by atoms with E-state index in [9.17, 15) is 9.59 Å². The summed E-state index contributed by atoms with van der Waals surface area (Å²) < 4.78 is 0. The standard InChI is InChI=1S/C21H26N4O3/c1-24(2)20(26)17-6-4-16(5-7-17)19-8-3-15(14-23-19)13-22-18-9-11-25(12-10-18)21(27)28/h3-8,14,18,22H,9-13H2,1-2H3,(H,27,28). The van der Waals surface area contributed by atoms with Crippen molar-refractivity contribution in [2.75, 3.05) is 27.2 Å². The zero-order valence-corrected chi connectivity index (χ0v) is 16.3. The van der Waals surface area contributed by atoms with Crippen LogP contribution in [0, 0.1) is 0 Å². The smallest absolute Gasteiger partial charge is 0.407 e. The second-order valence-electron chi connectivity index (χ2n) is 7.25. The Morgan fingerprint density at radius 3 is 2.36 bits per heavy atom. The van der Waals surface area contributed by atoms with Crippen molar-refractivity contribution in [1.82, 2.24) is 20.1 Å². The van der Waals surface area contributed by atoms with E-state index < -0.39 is 6.09 Å². The van der Waals surface area contributed by atoms with Crippen molar-refractivity contribution >= 4 is 12.0 Å². The van der Waals surface area contributed by atoms with Crippen LogP contribution in [0.5, 0.6) is 0 Å². The van der Waals surface area contributed by atoms with Gasteiger partial charge in [0.15, 0.2) is 0 Å². The van der Waals surface area contributed by atoms with Gasteiger partial charge < -0.3 is 20.2 Å². The first-order valence-electron chi connectivity index (χ1n) is 9.42. The quantitative estimate of drug-likeness (QED) is 0.830. The number of aromatic nitrogens is 1. The Hall–Kier alpha value is -2.93. The summed E-state index contributed by atoms with van der Waals surface area (Å²) in [4.78, 5) is 30.5. The molecule has 148 valence electrons. The second-order valence-corrected chi connectivity index (χ2v) is 7.25. The summed E-state index contributed by atoms with van der Waals surface area (Å²) >= 11 is 0. The molecule has 2 heterocycles. The van der Waals surface area contributed by atoms with Gasteiger partial charge in [0, 0.05) is 57.1 Å². The van der Waals surface area contributed by atoms with Gasteiger partial charge in [0.2, 0.25) is 0 Å². The van der Waals surface area contributed by atoms with E-state index in [1.165, 1.54) is 4.90 Å². The van der Waals surface area contributed by atoms with E-state index >= 15 is 0 Å². The molecule has 0 bridgehead atoms. The zero-order valence-electron chi connectivity index (χ0n) is 16.3. The molecule has 0 spiro atoms. The second kappa shape index (κ2) is 8.84. The monoisotopic (exact) mass is 382 g/mol. The van der Waals surface area contributed by atoms with Gasteiger partial charge in [-0.2, -0.15) is 0 Å². The molecule has 1 aliphatic rings. The minimum absolute atomic E-state index is 0.0184. The first-order valence-corrected chi connectivity index (χ1v) is 9.42. The third-order valence-electron chi connectivity index (χ3n) is 5.02. The Morgan fingerprint density at radius 2 is 1.82 bits per heavy atom. The van der Waals surface area contributed by atoms with E-state index in [-0.39, 0.29) is 5.91 Å². The lowest BCUT2D eigenvalue weighted by Crippen LogP contribution is -2.44. The summed E-state index contributed by atoms with van der Waals surface area (Å²) in [6.07, 6.45) is 2.68. The Labute approximate surface area is 165 Å². The van der Waals surface area contributed by atoms with Gasteiger partial charge in [-0.05, 0) is 36.6 Å². The normalized spacial score (nSPS) is 14.7. The highest BCUT2D eigenvalue weighted by atomic mass is 16.4. The molecule has 7 heteroatoms. The molecule has 2 amide bonds. The van der Waals surface area contributed by atoms with Crippen molar-refractivity contribution in [3.63, 3.8) is 0 Å². The fraction of sp³-hybridized carbons (Fsp3) is 0.381. The largest absolute Gasteiger partial charge is 0.465 e. The number of piperidine rings is 1. The van der Waals surface area contributed by atoms with E-state index in [2.05, 4.69) is 10.3 Å². The Morgan fingerprint density at radius 1 is 1.14 bits per heavy atom. The number of nitrogens with one attached hydrogen (secondary N) is 1. The molecule has 1 saturated heterocycles. The van der Waals surface area contributed by atoms with Gasteiger partial charge in [0.05, 0.1) is 5.69 Å². The predicted octanol–water partition coefficient (Wildman–Crippen LogP) is 2.68. The summed E-state index contributed by atoms with van der Waals surface area (Å²) in [5.41, 5.74) is 3.57. The number of hydrogen-bond acceptors (Lipinski definition) is 4. The molecule has 1 fully saturated rings. The summed E-state index contributed by atoms with van der Waals surface area (Å²) in [6.45, 7) is 1.87. The van der Waals surface area contributed by atoms with E-state index in [1.54, 1.807) is 19.0 Å². The number of benzene rings is 1. The van der Waals surface area contributed by atoms with Crippen LogP contribution in [0.15, 0.2) is 42.6 Å². The number of rotatable bonds is 5. The lowest BCUT2D eigenvalue weighted by Gasteiger charge is -2.30. The third kappa shape index (κ3) is 4.86. The van der Waals surface area contributed by atoms with Crippen LogP contribution in [0.3, 0.4) is 0 Å². The molecule has 0 saturated carbocycles. The molecule has 28 heavy (non-hydrogen) atoms. The molecule has 3 rings (SSSR count). The zero-order chi connectivity index (χ0) is 20.1. The number of likely N-dealkylation sites (tertiary alicyclic amines) is 1. The van der Waals surface area contributed by atoms with Crippen LogP contribution in [0.25, 0.3) is 11.3 Å². The first kappa shape index (κ1) is 19.8. The molecule has 1 aromatic heterocycles. The molecular formula is C21H26N4O3. The fourth-order valence-corrected chi connectivity index (χ4v) is 3.28. The van der Waals surface area contributed by atoms with Crippen LogP contribution in [-0.2, 0) is 6.54 Å². The maximum absolute atomic E-state index is 12.0. The third-order valence-corrected chi connectivity index (χ3v) is 5.02. The molecule has 0 unspecified atom stereocenters. The molecule has 0 radical (unpaired) electrons. The maximum atomic E-state index is 12.0. The van der Waals surface area contributed by atoms with Gasteiger partial charge in [0.25, 0.3) is 5.91 Å². The molecule has 2 aromatic rings. The van der Waals surface area contributed by atoms with E-state index in [0.29, 0.717) is 31.2 Å². The predicted molar refractivity (Wildman–Crippen MR) is 107 cm³/mol. The molecule has 2 N–H and O–H groups in total. The maximum Gasteiger partial charge on any atom is 0.407 e. The van der Waals surface area contributed by atoms with Crippen LogP contribution in [0.4, 0.5) is 4.79 Å². The van der Waals surface area contributed by atoms with E-state index in [1.807, 2.05) is 42.6 Å². The highest BCUT2D eigenvalue weighted by Crippen LogP contribution is 2.19. The van der Waals surface area contributed by atoms with Crippen LogP contribution in [0.2, 0.25) is 0 Å². The summed E-state index contributed by atoms with van der Waals surface area (Å²) in [6, 6.07) is 11.8. The minimum atomic E-state index is -0.836. The molecule has 1 aromatic carbocycles. The van der Waals surface area contributed by atoms with Crippen molar-refractivity contribution < 1.29 is 14.7 Å². The lowest BCUT2D eigenvalue weighted by molar-refractivity contribution is 0.0827. The van der Waals surface area contributed by atoms with Crippen molar-refractivity contribution in [3.8, 4) is 11.3 Å². The topological polar surface area (TPSA) is 85.8 Å². The van der Waals surface area contributed by atoms with Gasteiger partial charge in [-0.3, -0.25) is 9.78 Å². The number of hydrogen-bond donors (Lipinski definition) is 2. The van der Waals surface area contributed by atoms with Gasteiger partial charge in [-0.1, -0.05) is 18.2 Å². The summed E-state index contributed by atoms with van der Waals surface area (Å²) in [5.74, 6) is -0.0184. The molecule has 7 nitrogen and oxygen atoms in total. The first-order chi connectivity index (χ1) is 13.4. The number of amides is 2. The van der Waals surface area contributed by atoms with Gasteiger partial charge in [-0.15, -0.1) is 0 Å².